The Morgan fingerprint density at radius 2 is 1.67 bits per heavy atom. The lowest BCUT2D eigenvalue weighted by molar-refractivity contribution is -0.385. The van der Waals surface area contributed by atoms with Crippen molar-refractivity contribution in [1.82, 2.24) is 14.8 Å². The van der Waals surface area contributed by atoms with Crippen molar-refractivity contribution < 1.29 is 9.72 Å². The van der Waals surface area contributed by atoms with E-state index in [0.29, 0.717) is 17.4 Å². The lowest BCUT2D eigenvalue weighted by atomic mass is 9.91. The number of nitrogens with zero attached hydrogens (tertiary/aromatic N) is 5. The first-order valence-corrected chi connectivity index (χ1v) is 10.7. The number of hydrogen-bond acceptors (Lipinski definition) is 5. The number of anilines is 1. The lowest BCUT2D eigenvalue weighted by Gasteiger charge is -2.39. The molecule has 0 aliphatic carbocycles. The number of nitro groups is 1. The van der Waals surface area contributed by atoms with Crippen molar-refractivity contribution in [2.75, 3.05) is 4.90 Å². The maximum absolute atomic E-state index is 13.8. The summed E-state index contributed by atoms with van der Waals surface area (Å²) in [5.74, 6) is -0.203. The molecule has 1 amide bonds. The van der Waals surface area contributed by atoms with Gasteiger partial charge >= 0.3 is 0 Å². The molecule has 9 heteroatoms. The normalized spacial score (nSPS) is 17.4. The highest BCUT2D eigenvalue weighted by atomic mass is 35.5. The van der Waals surface area contributed by atoms with E-state index in [2.05, 4.69) is 10.1 Å². The Balaban J connectivity index is 1.69. The van der Waals surface area contributed by atoms with Crippen LogP contribution in [0, 0.1) is 10.1 Å². The molecule has 0 N–H and O–H groups in total. The van der Waals surface area contributed by atoms with Crippen LogP contribution in [0.15, 0.2) is 85.2 Å². The zero-order valence-electron chi connectivity index (χ0n) is 17.3. The molecular formula is C24H18ClN5O3. The largest absolute Gasteiger partial charge is 0.282 e. The number of halogens is 1. The number of para-hydroxylation sites is 1. The molecule has 8 nitrogen and oxygen atoms in total. The van der Waals surface area contributed by atoms with E-state index in [1.54, 1.807) is 10.7 Å². The summed E-state index contributed by atoms with van der Waals surface area (Å²) in [6.45, 7) is 0. The van der Waals surface area contributed by atoms with Crippen molar-refractivity contribution in [2.45, 2.75) is 18.5 Å². The van der Waals surface area contributed by atoms with E-state index in [9.17, 15) is 14.9 Å². The summed E-state index contributed by atoms with van der Waals surface area (Å²) < 4.78 is 1.66. The SMILES string of the molecule is O=C(c1ccccc1[N+](=O)[O-])N1c2ncnn2[C@@H](c2ccccc2Cl)C[C@H]1c1ccccc1. The number of hydrogen-bond donors (Lipinski definition) is 0. The Morgan fingerprint density at radius 1 is 0.970 bits per heavy atom. The monoisotopic (exact) mass is 459 g/mol. The van der Waals surface area contributed by atoms with Gasteiger partial charge in [0.2, 0.25) is 5.95 Å². The summed E-state index contributed by atoms with van der Waals surface area (Å²) in [5.41, 5.74) is 1.49. The second-order valence-electron chi connectivity index (χ2n) is 7.65. The molecule has 1 aromatic heterocycles. The average Bonchev–Trinajstić information content (AvgIpc) is 3.33. The van der Waals surface area contributed by atoms with Crippen LogP contribution >= 0.6 is 11.6 Å². The van der Waals surface area contributed by atoms with Gasteiger partial charge in [0.05, 0.1) is 17.0 Å². The average molecular weight is 460 g/mol. The molecule has 164 valence electrons. The number of carbonyl (C=O) groups excluding carboxylic acids is 1. The number of carbonyl (C=O) groups is 1. The molecule has 5 rings (SSSR count). The van der Waals surface area contributed by atoms with E-state index in [1.807, 2.05) is 54.6 Å². The van der Waals surface area contributed by atoms with Gasteiger partial charge in [-0.2, -0.15) is 10.1 Å². The summed E-state index contributed by atoms with van der Waals surface area (Å²) in [5, 5.41) is 16.6. The molecule has 0 bridgehead atoms. The van der Waals surface area contributed by atoms with Crippen LogP contribution in [0.5, 0.6) is 0 Å². The van der Waals surface area contributed by atoms with Crippen molar-refractivity contribution in [3.8, 4) is 0 Å². The fourth-order valence-corrected chi connectivity index (χ4v) is 4.59. The number of amides is 1. The number of nitro benzene ring substituents is 1. The Labute approximate surface area is 194 Å². The van der Waals surface area contributed by atoms with Gasteiger partial charge in [-0.1, -0.05) is 72.3 Å². The van der Waals surface area contributed by atoms with E-state index in [-0.39, 0.29) is 17.3 Å². The Bertz CT molecular complexity index is 1340. The molecule has 1 aliphatic heterocycles. The predicted molar refractivity (Wildman–Crippen MR) is 123 cm³/mol. The van der Waals surface area contributed by atoms with Crippen LogP contribution in [-0.4, -0.2) is 25.6 Å². The Morgan fingerprint density at radius 3 is 2.42 bits per heavy atom. The molecule has 4 aromatic rings. The molecule has 1 aliphatic rings. The van der Waals surface area contributed by atoms with Crippen molar-refractivity contribution in [3.63, 3.8) is 0 Å². The van der Waals surface area contributed by atoms with Gasteiger partial charge in [0.15, 0.2) is 0 Å². The van der Waals surface area contributed by atoms with Gasteiger partial charge in [0.25, 0.3) is 11.6 Å². The summed E-state index contributed by atoms with van der Waals surface area (Å²) in [6, 6.07) is 22.3. The highest BCUT2D eigenvalue weighted by Gasteiger charge is 2.41. The van der Waals surface area contributed by atoms with E-state index in [1.165, 1.54) is 29.4 Å². The fraction of sp³-hybridized carbons (Fsp3) is 0.125. The highest BCUT2D eigenvalue weighted by Crippen LogP contribution is 2.44. The molecule has 0 unspecified atom stereocenters. The molecule has 0 spiro atoms. The third-order valence-electron chi connectivity index (χ3n) is 5.82. The Hall–Kier alpha value is -4.04. The number of rotatable bonds is 4. The number of fused-ring (bicyclic) bond motifs is 1. The van der Waals surface area contributed by atoms with Gasteiger partial charge in [-0.15, -0.1) is 0 Å². The first-order chi connectivity index (χ1) is 16.1. The summed E-state index contributed by atoms with van der Waals surface area (Å²) in [6.07, 6.45) is 1.85. The fourth-order valence-electron chi connectivity index (χ4n) is 4.33. The van der Waals surface area contributed by atoms with Gasteiger partial charge in [0.1, 0.15) is 11.9 Å². The van der Waals surface area contributed by atoms with E-state index < -0.39 is 16.9 Å². The minimum absolute atomic E-state index is 0.00539. The molecule has 0 saturated heterocycles. The molecular weight excluding hydrogens is 442 g/mol. The van der Waals surface area contributed by atoms with Crippen LogP contribution < -0.4 is 4.90 Å². The van der Waals surface area contributed by atoms with Gasteiger partial charge < -0.3 is 0 Å². The first kappa shape index (κ1) is 20.8. The van der Waals surface area contributed by atoms with Gasteiger partial charge in [-0.3, -0.25) is 19.8 Å². The lowest BCUT2D eigenvalue weighted by Crippen LogP contribution is -2.43. The van der Waals surface area contributed by atoms with Gasteiger partial charge in [-0.25, -0.2) is 4.68 Å². The number of benzene rings is 3. The standard InChI is InChI=1S/C24H18ClN5O3/c25-19-12-6-4-10-17(19)22-14-21(16-8-2-1-3-9-16)28(24-26-15-27-29(22)24)23(31)18-11-5-7-13-20(18)30(32)33/h1-13,15,21-22H,14H2/t21-,22+/m0/s1. The smallest absolute Gasteiger partial charge is 0.269 e. The van der Waals surface area contributed by atoms with Crippen LogP contribution in [0.2, 0.25) is 5.02 Å². The third-order valence-corrected chi connectivity index (χ3v) is 6.17. The van der Waals surface area contributed by atoms with Crippen LogP contribution in [0.3, 0.4) is 0 Å². The third kappa shape index (κ3) is 3.64. The first-order valence-electron chi connectivity index (χ1n) is 10.3. The molecule has 2 heterocycles. The molecule has 2 atom stereocenters. The second-order valence-corrected chi connectivity index (χ2v) is 8.06. The molecule has 0 radical (unpaired) electrons. The van der Waals surface area contributed by atoms with Gasteiger partial charge in [-0.05, 0) is 29.7 Å². The van der Waals surface area contributed by atoms with Crippen LogP contribution in [0.1, 0.15) is 40.0 Å². The molecule has 0 fully saturated rings. The topological polar surface area (TPSA) is 94.2 Å². The quantitative estimate of drug-likeness (QED) is 0.308. The molecule has 0 saturated carbocycles. The Kier molecular flexibility index (Phi) is 5.35. The van der Waals surface area contributed by atoms with Crippen molar-refractivity contribution in [2.24, 2.45) is 0 Å². The maximum atomic E-state index is 13.8. The zero-order chi connectivity index (χ0) is 22.9. The molecule has 3 aromatic carbocycles. The predicted octanol–water partition coefficient (Wildman–Crippen LogP) is 5.22. The van der Waals surface area contributed by atoms with Crippen LogP contribution in [-0.2, 0) is 0 Å². The summed E-state index contributed by atoms with van der Waals surface area (Å²) >= 11 is 6.52. The number of aromatic nitrogens is 3. The minimum atomic E-state index is -0.550. The van der Waals surface area contributed by atoms with Crippen molar-refractivity contribution in [3.05, 3.63) is 117 Å². The summed E-state index contributed by atoms with van der Waals surface area (Å²) in [4.78, 5) is 30.7. The van der Waals surface area contributed by atoms with E-state index >= 15 is 0 Å². The van der Waals surface area contributed by atoms with Crippen molar-refractivity contribution in [1.29, 1.82) is 0 Å². The van der Waals surface area contributed by atoms with Crippen molar-refractivity contribution >= 4 is 29.1 Å². The van der Waals surface area contributed by atoms with Crippen LogP contribution in [0.4, 0.5) is 11.6 Å². The summed E-state index contributed by atoms with van der Waals surface area (Å²) in [7, 11) is 0. The van der Waals surface area contributed by atoms with E-state index in [4.69, 9.17) is 11.6 Å². The van der Waals surface area contributed by atoms with Crippen LogP contribution in [0.25, 0.3) is 0 Å². The minimum Gasteiger partial charge on any atom is -0.269 e. The zero-order valence-corrected chi connectivity index (χ0v) is 18.0. The highest BCUT2D eigenvalue weighted by molar-refractivity contribution is 6.31. The second kappa shape index (κ2) is 8.48. The molecule has 33 heavy (non-hydrogen) atoms. The maximum Gasteiger partial charge on any atom is 0.282 e. The van der Waals surface area contributed by atoms with Gasteiger partial charge in [0, 0.05) is 11.1 Å². The van der Waals surface area contributed by atoms with E-state index in [0.717, 1.165) is 11.1 Å².